The Kier molecular flexibility index (Phi) is 4.61. The number of benzene rings is 1. The molecule has 2 aromatic rings. The van der Waals surface area contributed by atoms with Crippen molar-refractivity contribution in [3.8, 4) is 0 Å². The van der Waals surface area contributed by atoms with Crippen LogP contribution in [0.1, 0.15) is 18.9 Å². The van der Waals surface area contributed by atoms with E-state index >= 15 is 0 Å². The molecule has 6 nitrogen and oxygen atoms in total. The minimum absolute atomic E-state index is 0.168. The van der Waals surface area contributed by atoms with E-state index in [1.54, 1.807) is 4.90 Å². The molecule has 0 spiro atoms. The zero-order valence-electron chi connectivity index (χ0n) is 13.1. The summed E-state index contributed by atoms with van der Waals surface area (Å²) < 4.78 is 39.0. The number of nitrogens with one attached hydrogen (secondary N) is 1. The molecule has 9 heteroatoms. The molecule has 0 aliphatic carbocycles. The Labute approximate surface area is 140 Å². The summed E-state index contributed by atoms with van der Waals surface area (Å²) in [6.45, 7) is 2.46. The van der Waals surface area contributed by atoms with Crippen molar-refractivity contribution in [3.05, 3.63) is 35.4 Å². The van der Waals surface area contributed by atoms with Crippen LogP contribution in [0.25, 0.3) is 0 Å². The molecule has 2 heterocycles. The van der Waals surface area contributed by atoms with Gasteiger partial charge in [0, 0.05) is 23.9 Å². The van der Waals surface area contributed by atoms with Crippen LogP contribution in [0, 0.1) is 11.6 Å². The largest absolute Gasteiger partial charge is 0.382 e. The third-order valence-corrected chi connectivity index (χ3v) is 4.98. The van der Waals surface area contributed by atoms with E-state index in [1.807, 2.05) is 6.92 Å². The van der Waals surface area contributed by atoms with Crippen LogP contribution in [0.15, 0.2) is 23.4 Å². The Morgan fingerprint density at radius 1 is 1.38 bits per heavy atom. The highest BCUT2D eigenvalue weighted by molar-refractivity contribution is 7.84. The zero-order valence-corrected chi connectivity index (χ0v) is 13.9. The van der Waals surface area contributed by atoms with Gasteiger partial charge in [0.15, 0.2) is 11.6 Å². The molecule has 1 aromatic heterocycles. The van der Waals surface area contributed by atoms with Gasteiger partial charge >= 0.3 is 0 Å². The predicted molar refractivity (Wildman–Crippen MR) is 89.0 cm³/mol. The molecule has 1 atom stereocenters. The number of rotatable bonds is 5. The van der Waals surface area contributed by atoms with E-state index in [4.69, 9.17) is 5.73 Å². The molecule has 0 fully saturated rings. The number of hydrogen-bond donors (Lipinski definition) is 2. The van der Waals surface area contributed by atoms with E-state index in [0.717, 1.165) is 12.5 Å². The lowest BCUT2D eigenvalue weighted by Gasteiger charge is -2.18. The maximum atomic E-state index is 13.9. The smallest absolute Gasteiger partial charge is 0.222 e. The van der Waals surface area contributed by atoms with Crippen LogP contribution in [0.3, 0.4) is 0 Å². The molecule has 1 aromatic carbocycles. The summed E-state index contributed by atoms with van der Waals surface area (Å²) in [5, 5.41) is 3.22. The Hall–Kier alpha value is -2.29. The maximum absolute atomic E-state index is 13.9. The highest BCUT2D eigenvalue weighted by Crippen LogP contribution is 2.35. The highest BCUT2D eigenvalue weighted by Gasteiger charge is 2.26. The first-order chi connectivity index (χ1) is 11.5. The van der Waals surface area contributed by atoms with Crippen molar-refractivity contribution in [1.29, 1.82) is 0 Å². The molecule has 24 heavy (non-hydrogen) atoms. The van der Waals surface area contributed by atoms with Gasteiger partial charge in [0.2, 0.25) is 5.16 Å². The van der Waals surface area contributed by atoms with E-state index in [0.29, 0.717) is 29.5 Å². The molecule has 0 amide bonds. The molecule has 0 saturated carbocycles. The van der Waals surface area contributed by atoms with Crippen molar-refractivity contribution >= 4 is 28.1 Å². The fraction of sp³-hybridized carbons (Fsp3) is 0.333. The fourth-order valence-corrected chi connectivity index (χ4v) is 3.40. The van der Waals surface area contributed by atoms with Crippen LogP contribution >= 0.6 is 0 Å². The number of halogens is 2. The van der Waals surface area contributed by atoms with Crippen LogP contribution in [-0.2, 0) is 17.3 Å². The zero-order chi connectivity index (χ0) is 17.3. The van der Waals surface area contributed by atoms with Gasteiger partial charge < -0.3 is 16.0 Å². The predicted octanol–water partition coefficient (Wildman–Crippen LogP) is 2.24. The lowest BCUT2D eigenvalue weighted by molar-refractivity contribution is 0.570. The van der Waals surface area contributed by atoms with Gasteiger partial charge in [-0.1, -0.05) is 13.0 Å². The number of hydrogen-bond acceptors (Lipinski definition) is 6. The van der Waals surface area contributed by atoms with Crippen molar-refractivity contribution in [2.75, 3.05) is 28.4 Å². The molecule has 3 rings (SSSR count). The van der Waals surface area contributed by atoms with Gasteiger partial charge in [-0.25, -0.2) is 18.7 Å². The van der Waals surface area contributed by atoms with E-state index in [1.165, 1.54) is 12.1 Å². The fourth-order valence-electron chi connectivity index (χ4n) is 2.46. The summed E-state index contributed by atoms with van der Waals surface area (Å²) >= 11 is 0. The minimum atomic E-state index is -1.34. The standard InChI is InChI=1S/C15H17F2N5OS/c1-2-5-24(23)15-20-13(18)12-14(21-15)22(8-19-12)7-9-3-4-10(16)6-11(9)17/h3-4,6,19H,2,5,7-8H2,1H3,(H2,18,20,21). The minimum Gasteiger partial charge on any atom is -0.382 e. The molecule has 3 N–H and O–H groups in total. The number of nitrogen functional groups attached to an aromatic ring is 1. The Morgan fingerprint density at radius 2 is 2.17 bits per heavy atom. The van der Waals surface area contributed by atoms with Crippen molar-refractivity contribution in [3.63, 3.8) is 0 Å². The van der Waals surface area contributed by atoms with Crippen LogP contribution < -0.4 is 16.0 Å². The van der Waals surface area contributed by atoms with Gasteiger partial charge in [-0.2, -0.15) is 0 Å². The third-order valence-electron chi connectivity index (χ3n) is 3.61. The molecule has 1 unspecified atom stereocenters. The van der Waals surface area contributed by atoms with Gasteiger partial charge in [0.25, 0.3) is 0 Å². The average Bonchev–Trinajstić information content (AvgIpc) is 2.94. The second kappa shape index (κ2) is 6.68. The lowest BCUT2D eigenvalue weighted by Crippen LogP contribution is -2.23. The number of anilines is 3. The molecule has 0 bridgehead atoms. The van der Waals surface area contributed by atoms with Crippen LogP contribution in [-0.4, -0.2) is 26.6 Å². The van der Waals surface area contributed by atoms with E-state index < -0.39 is 22.4 Å². The van der Waals surface area contributed by atoms with E-state index in [-0.39, 0.29) is 17.5 Å². The Bertz CT molecular complexity index is 802. The monoisotopic (exact) mass is 353 g/mol. The Morgan fingerprint density at radius 3 is 2.88 bits per heavy atom. The van der Waals surface area contributed by atoms with Gasteiger partial charge in [-0.15, -0.1) is 0 Å². The number of nitrogens with two attached hydrogens (primary N) is 1. The quantitative estimate of drug-likeness (QED) is 0.802. The molecular formula is C15H17F2N5OS. The maximum Gasteiger partial charge on any atom is 0.222 e. The van der Waals surface area contributed by atoms with Crippen molar-refractivity contribution in [2.24, 2.45) is 0 Å². The Balaban J connectivity index is 1.91. The van der Waals surface area contributed by atoms with E-state index in [2.05, 4.69) is 15.3 Å². The molecule has 0 radical (unpaired) electrons. The van der Waals surface area contributed by atoms with Gasteiger partial charge in [-0.05, 0) is 12.5 Å². The normalized spacial score (nSPS) is 14.4. The number of aromatic nitrogens is 2. The number of fused-ring (bicyclic) bond motifs is 1. The van der Waals surface area contributed by atoms with E-state index in [9.17, 15) is 13.0 Å². The summed E-state index contributed by atoms with van der Waals surface area (Å²) in [5.74, 6) is -0.120. The summed E-state index contributed by atoms with van der Waals surface area (Å²) in [4.78, 5) is 10.2. The molecule has 1 aliphatic rings. The molecule has 128 valence electrons. The van der Waals surface area contributed by atoms with Crippen molar-refractivity contribution in [1.82, 2.24) is 9.97 Å². The SMILES string of the molecule is CCCS(=O)c1nc(N)c2c(n1)N(Cc1ccc(F)cc1F)CN2. The lowest BCUT2D eigenvalue weighted by atomic mass is 10.2. The molecular weight excluding hydrogens is 336 g/mol. The molecule has 1 aliphatic heterocycles. The summed E-state index contributed by atoms with van der Waals surface area (Å²) in [7, 11) is -1.34. The first kappa shape index (κ1) is 16.6. The summed E-state index contributed by atoms with van der Waals surface area (Å²) in [6, 6.07) is 3.44. The summed E-state index contributed by atoms with van der Waals surface area (Å²) in [6.07, 6.45) is 0.732. The average molecular weight is 353 g/mol. The topological polar surface area (TPSA) is 84.1 Å². The van der Waals surface area contributed by atoms with Gasteiger partial charge in [0.05, 0.1) is 17.5 Å². The first-order valence-corrected chi connectivity index (χ1v) is 8.80. The first-order valence-electron chi connectivity index (χ1n) is 7.48. The second-order valence-electron chi connectivity index (χ2n) is 5.41. The molecule has 0 saturated heterocycles. The van der Waals surface area contributed by atoms with Gasteiger partial charge in [-0.3, -0.25) is 4.21 Å². The highest BCUT2D eigenvalue weighted by atomic mass is 32.2. The second-order valence-corrected chi connectivity index (χ2v) is 6.87. The van der Waals surface area contributed by atoms with Gasteiger partial charge in [0.1, 0.15) is 17.3 Å². The summed E-state index contributed by atoms with van der Waals surface area (Å²) in [5.41, 5.74) is 6.78. The van der Waals surface area contributed by atoms with Crippen LogP contribution in [0.4, 0.5) is 26.1 Å². The third kappa shape index (κ3) is 3.16. The van der Waals surface area contributed by atoms with Crippen LogP contribution in [0.2, 0.25) is 0 Å². The van der Waals surface area contributed by atoms with Crippen LogP contribution in [0.5, 0.6) is 0 Å². The van der Waals surface area contributed by atoms with Crippen molar-refractivity contribution < 1.29 is 13.0 Å². The number of nitrogens with zero attached hydrogens (tertiary/aromatic N) is 3. The van der Waals surface area contributed by atoms with Crippen molar-refractivity contribution in [2.45, 2.75) is 25.0 Å².